The van der Waals surface area contributed by atoms with Crippen LogP contribution in [0.15, 0.2) is 29.6 Å². The third-order valence-corrected chi connectivity index (χ3v) is 4.01. The molecule has 0 spiro atoms. The van der Waals surface area contributed by atoms with E-state index in [1.165, 1.54) is 24.2 Å². The predicted molar refractivity (Wildman–Crippen MR) is 79.5 cm³/mol. The first kappa shape index (κ1) is 13.1. The van der Waals surface area contributed by atoms with Gasteiger partial charge in [0.1, 0.15) is 5.75 Å². The molecule has 2 aromatic rings. The fourth-order valence-electron chi connectivity index (χ4n) is 1.78. The molecule has 0 radical (unpaired) electrons. The highest BCUT2D eigenvalue weighted by Crippen LogP contribution is 2.29. The number of anilines is 1. The Balaban J connectivity index is 1.59. The number of aryl methyl sites for hydroxylation is 1. The number of hydrogen-bond acceptors (Lipinski definition) is 4. The molecule has 20 heavy (non-hydrogen) atoms. The first-order valence-corrected chi connectivity index (χ1v) is 7.55. The molecular formula is C15H16N2O2S. The first-order valence-electron chi connectivity index (χ1n) is 6.67. The highest BCUT2D eigenvalue weighted by Gasteiger charge is 2.21. The molecule has 1 saturated carbocycles. The van der Waals surface area contributed by atoms with Gasteiger partial charge in [0.2, 0.25) is 0 Å². The maximum Gasteiger partial charge on any atom is 0.257 e. The van der Waals surface area contributed by atoms with Crippen LogP contribution >= 0.6 is 11.3 Å². The second kappa shape index (κ2) is 5.63. The second-order valence-corrected chi connectivity index (χ2v) is 5.89. The van der Waals surface area contributed by atoms with E-state index in [0.29, 0.717) is 10.7 Å². The number of carbonyl (C=O) groups excluding carboxylic acids is 1. The quantitative estimate of drug-likeness (QED) is 0.916. The van der Waals surface area contributed by atoms with Crippen LogP contribution in [0.4, 0.5) is 5.13 Å². The average Bonchev–Trinajstić information content (AvgIpc) is 3.20. The van der Waals surface area contributed by atoms with Crippen molar-refractivity contribution >= 4 is 22.4 Å². The summed E-state index contributed by atoms with van der Waals surface area (Å²) in [5.41, 5.74) is 1.52. The largest absolute Gasteiger partial charge is 0.493 e. The summed E-state index contributed by atoms with van der Waals surface area (Å²) in [4.78, 5) is 16.2. The van der Waals surface area contributed by atoms with E-state index in [4.69, 9.17) is 4.74 Å². The van der Waals surface area contributed by atoms with Crippen molar-refractivity contribution < 1.29 is 9.53 Å². The van der Waals surface area contributed by atoms with Crippen LogP contribution in [0.25, 0.3) is 0 Å². The van der Waals surface area contributed by atoms with Crippen molar-refractivity contribution in [1.29, 1.82) is 0 Å². The van der Waals surface area contributed by atoms with Gasteiger partial charge in [-0.3, -0.25) is 10.1 Å². The van der Waals surface area contributed by atoms with E-state index in [0.717, 1.165) is 24.0 Å². The summed E-state index contributed by atoms with van der Waals surface area (Å²) < 4.78 is 5.64. The summed E-state index contributed by atoms with van der Waals surface area (Å²) in [6, 6.07) is 7.23. The van der Waals surface area contributed by atoms with Crippen LogP contribution in [-0.4, -0.2) is 17.5 Å². The van der Waals surface area contributed by atoms with Gasteiger partial charge in [-0.15, -0.1) is 11.3 Å². The van der Waals surface area contributed by atoms with Crippen LogP contribution in [0.2, 0.25) is 0 Å². The van der Waals surface area contributed by atoms with Gasteiger partial charge < -0.3 is 4.74 Å². The lowest BCUT2D eigenvalue weighted by Gasteiger charge is -2.06. The van der Waals surface area contributed by atoms with Crippen molar-refractivity contribution in [2.24, 2.45) is 5.92 Å². The van der Waals surface area contributed by atoms with Gasteiger partial charge >= 0.3 is 0 Å². The molecule has 4 nitrogen and oxygen atoms in total. The number of amides is 1. The summed E-state index contributed by atoms with van der Waals surface area (Å²) in [6.07, 6.45) is 2.54. The molecule has 0 bridgehead atoms. The molecule has 1 aliphatic rings. The van der Waals surface area contributed by atoms with Gasteiger partial charge in [-0.2, -0.15) is 0 Å². The number of thiazole rings is 1. The highest BCUT2D eigenvalue weighted by molar-refractivity contribution is 7.13. The lowest BCUT2D eigenvalue weighted by molar-refractivity contribution is 0.102. The number of rotatable bonds is 5. The molecule has 1 aromatic carbocycles. The van der Waals surface area contributed by atoms with Crippen LogP contribution in [0.5, 0.6) is 5.75 Å². The molecule has 3 rings (SSSR count). The van der Waals surface area contributed by atoms with E-state index in [1.807, 2.05) is 24.4 Å². The third kappa shape index (κ3) is 3.36. The Hall–Kier alpha value is -1.88. The standard InChI is InChI=1S/C15H16N2O2S/c1-10-9-20-15(16-10)17-14(18)12-4-6-13(7-5-12)19-8-11-2-3-11/h4-7,9,11H,2-3,8H2,1H3,(H,16,17,18). The monoisotopic (exact) mass is 288 g/mol. The van der Waals surface area contributed by atoms with Crippen LogP contribution in [0, 0.1) is 12.8 Å². The summed E-state index contributed by atoms with van der Waals surface area (Å²) >= 11 is 1.43. The Morgan fingerprint density at radius 3 is 2.75 bits per heavy atom. The minimum absolute atomic E-state index is 0.145. The number of ether oxygens (including phenoxy) is 1. The summed E-state index contributed by atoms with van der Waals surface area (Å²) in [6.45, 7) is 2.68. The van der Waals surface area contributed by atoms with Crippen molar-refractivity contribution in [1.82, 2.24) is 4.98 Å². The zero-order valence-electron chi connectivity index (χ0n) is 11.3. The number of nitrogens with one attached hydrogen (secondary N) is 1. The fraction of sp³-hybridized carbons (Fsp3) is 0.333. The maximum atomic E-state index is 12.0. The Morgan fingerprint density at radius 1 is 1.40 bits per heavy atom. The molecule has 0 unspecified atom stereocenters. The average molecular weight is 288 g/mol. The maximum absolute atomic E-state index is 12.0. The summed E-state index contributed by atoms with van der Waals surface area (Å²) in [7, 11) is 0. The third-order valence-electron chi connectivity index (χ3n) is 3.14. The van der Waals surface area contributed by atoms with Gasteiger partial charge in [-0.05, 0) is 49.9 Å². The zero-order chi connectivity index (χ0) is 13.9. The number of nitrogens with zero attached hydrogens (tertiary/aromatic N) is 1. The van der Waals surface area contributed by atoms with Crippen molar-refractivity contribution in [3.05, 3.63) is 40.9 Å². The summed E-state index contributed by atoms with van der Waals surface area (Å²) in [5.74, 6) is 1.40. The lowest BCUT2D eigenvalue weighted by Crippen LogP contribution is -2.11. The molecule has 1 aromatic heterocycles. The van der Waals surface area contributed by atoms with Gasteiger partial charge in [0, 0.05) is 10.9 Å². The van der Waals surface area contributed by atoms with Gasteiger partial charge in [-0.1, -0.05) is 0 Å². The molecular weight excluding hydrogens is 272 g/mol. The van der Waals surface area contributed by atoms with Gasteiger partial charge in [0.25, 0.3) is 5.91 Å². The lowest BCUT2D eigenvalue weighted by atomic mass is 10.2. The van der Waals surface area contributed by atoms with Crippen LogP contribution in [0.3, 0.4) is 0 Å². The van der Waals surface area contributed by atoms with Crippen LogP contribution < -0.4 is 10.1 Å². The van der Waals surface area contributed by atoms with E-state index in [1.54, 1.807) is 12.1 Å². The molecule has 1 aliphatic carbocycles. The number of aromatic nitrogens is 1. The topological polar surface area (TPSA) is 51.2 Å². The van der Waals surface area contributed by atoms with Gasteiger partial charge in [0.15, 0.2) is 5.13 Å². The Bertz CT molecular complexity index is 603. The van der Waals surface area contributed by atoms with E-state index < -0.39 is 0 Å². The van der Waals surface area contributed by atoms with Crippen LogP contribution in [0.1, 0.15) is 28.9 Å². The SMILES string of the molecule is Cc1csc(NC(=O)c2ccc(OCC3CC3)cc2)n1. The van der Waals surface area contributed by atoms with Crippen molar-refractivity contribution in [3.63, 3.8) is 0 Å². The van der Waals surface area contributed by atoms with E-state index in [2.05, 4.69) is 10.3 Å². The van der Waals surface area contributed by atoms with Crippen LogP contribution in [-0.2, 0) is 0 Å². The molecule has 1 fully saturated rings. The number of carbonyl (C=O) groups is 1. The minimum atomic E-state index is -0.145. The number of benzene rings is 1. The predicted octanol–water partition coefficient (Wildman–Crippen LogP) is 3.49. The smallest absolute Gasteiger partial charge is 0.257 e. The molecule has 1 amide bonds. The first-order chi connectivity index (χ1) is 9.70. The van der Waals surface area contributed by atoms with Crippen molar-refractivity contribution in [2.75, 3.05) is 11.9 Å². The number of hydrogen-bond donors (Lipinski definition) is 1. The minimum Gasteiger partial charge on any atom is -0.493 e. The summed E-state index contributed by atoms with van der Waals surface area (Å²) in [5, 5.41) is 5.32. The van der Waals surface area contributed by atoms with Crippen molar-refractivity contribution in [3.8, 4) is 5.75 Å². The zero-order valence-corrected chi connectivity index (χ0v) is 12.1. The normalized spacial score (nSPS) is 14.1. The van der Waals surface area contributed by atoms with E-state index >= 15 is 0 Å². The van der Waals surface area contributed by atoms with Crippen molar-refractivity contribution in [2.45, 2.75) is 19.8 Å². The van der Waals surface area contributed by atoms with Gasteiger partial charge in [-0.25, -0.2) is 4.98 Å². The molecule has 0 saturated heterocycles. The highest BCUT2D eigenvalue weighted by atomic mass is 32.1. The molecule has 1 N–H and O–H groups in total. The Labute approximate surface area is 121 Å². The second-order valence-electron chi connectivity index (χ2n) is 5.03. The Morgan fingerprint density at radius 2 is 2.15 bits per heavy atom. The molecule has 1 heterocycles. The van der Waals surface area contributed by atoms with E-state index in [9.17, 15) is 4.79 Å². The van der Waals surface area contributed by atoms with Gasteiger partial charge in [0.05, 0.1) is 12.3 Å². The van der Waals surface area contributed by atoms with E-state index in [-0.39, 0.29) is 5.91 Å². The molecule has 5 heteroatoms. The Kier molecular flexibility index (Phi) is 3.69. The fourth-order valence-corrected chi connectivity index (χ4v) is 2.47. The molecule has 0 aliphatic heterocycles. The molecule has 104 valence electrons. The molecule has 0 atom stereocenters.